The van der Waals surface area contributed by atoms with Crippen LogP contribution in [0, 0.1) is 0 Å². The van der Waals surface area contributed by atoms with Crippen LogP contribution in [0.2, 0.25) is 0 Å². The topological polar surface area (TPSA) is 57.2 Å². The maximum absolute atomic E-state index is 9.48. The maximum Gasteiger partial charge on any atom is 0.119 e. The SMILES string of the molecule is COCCOCCOCCOc1cccc(C(C)O)c1. The van der Waals surface area contributed by atoms with Crippen molar-refractivity contribution >= 4 is 0 Å². The Morgan fingerprint density at radius 2 is 1.65 bits per heavy atom. The van der Waals surface area contributed by atoms with Gasteiger partial charge in [0.2, 0.25) is 0 Å². The highest BCUT2D eigenvalue weighted by molar-refractivity contribution is 5.29. The van der Waals surface area contributed by atoms with Crippen LogP contribution in [0.25, 0.3) is 0 Å². The van der Waals surface area contributed by atoms with Gasteiger partial charge in [0.05, 0.1) is 39.1 Å². The molecule has 0 saturated carbocycles. The molecule has 0 aliphatic carbocycles. The van der Waals surface area contributed by atoms with Gasteiger partial charge in [0.15, 0.2) is 0 Å². The van der Waals surface area contributed by atoms with Gasteiger partial charge < -0.3 is 24.1 Å². The summed E-state index contributed by atoms with van der Waals surface area (Å²) in [6.07, 6.45) is -0.487. The summed E-state index contributed by atoms with van der Waals surface area (Å²) < 4.78 is 21.0. The number of hydrogen-bond acceptors (Lipinski definition) is 5. The van der Waals surface area contributed by atoms with Gasteiger partial charge in [-0.1, -0.05) is 12.1 Å². The fourth-order valence-electron chi connectivity index (χ4n) is 1.55. The summed E-state index contributed by atoms with van der Waals surface area (Å²) in [5.74, 6) is 0.739. The van der Waals surface area contributed by atoms with E-state index in [4.69, 9.17) is 18.9 Å². The van der Waals surface area contributed by atoms with Gasteiger partial charge in [0, 0.05) is 7.11 Å². The quantitative estimate of drug-likeness (QED) is 0.628. The lowest BCUT2D eigenvalue weighted by molar-refractivity contribution is 0.0179. The molecular weight excluding hydrogens is 260 g/mol. The van der Waals surface area contributed by atoms with E-state index in [-0.39, 0.29) is 0 Å². The third-order valence-electron chi connectivity index (χ3n) is 2.64. The third kappa shape index (κ3) is 7.45. The monoisotopic (exact) mass is 284 g/mol. The van der Waals surface area contributed by atoms with Gasteiger partial charge >= 0.3 is 0 Å². The number of benzene rings is 1. The molecule has 1 aromatic rings. The Hall–Kier alpha value is -1.14. The van der Waals surface area contributed by atoms with Crippen LogP contribution in [0.5, 0.6) is 5.75 Å². The van der Waals surface area contributed by atoms with E-state index in [0.29, 0.717) is 39.6 Å². The van der Waals surface area contributed by atoms with E-state index < -0.39 is 6.10 Å². The average Bonchev–Trinajstić information content (AvgIpc) is 2.46. The molecule has 1 rings (SSSR count). The largest absolute Gasteiger partial charge is 0.491 e. The van der Waals surface area contributed by atoms with Gasteiger partial charge in [0.1, 0.15) is 12.4 Å². The van der Waals surface area contributed by atoms with Gasteiger partial charge in [-0.3, -0.25) is 0 Å². The number of rotatable bonds is 11. The van der Waals surface area contributed by atoms with E-state index >= 15 is 0 Å². The first kappa shape index (κ1) is 16.9. The van der Waals surface area contributed by atoms with Crippen molar-refractivity contribution in [3.05, 3.63) is 29.8 Å². The molecule has 0 heterocycles. The van der Waals surface area contributed by atoms with Crippen molar-refractivity contribution in [1.82, 2.24) is 0 Å². The fraction of sp³-hybridized carbons (Fsp3) is 0.600. The average molecular weight is 284 g/mol. The van der Waals surface area contributed by atoms with Crippen molar-refractivity contribution in [3.8, 4) is 5.75 Å². The van der Waals surface area contributed by atoms with Crippen LogP contribution in [0.4, 0.5) is 0 Å². The number of aliphatic hydroxyl groups excluding tert-OH is 1. The minimum absolute atomic E-state index is 0.474. The van der Waals surface area contributed by atoms with Crippen LogP contribution in [0.1, 0.15) is 18.6 Å². The van der Waals surface area contributed by atoms with Crippen molar-refractivity contribution in [2.75, 3.05) is 46.8 Å². The molecule has 0 saturated heterocycles. The lowest BCUT2D eigenvalue weighted by Crippen LogP contribution is -2.12. The van der Waals surface area contributed by atoms with Crippen LogP contribution in [0.3, 0.4) is 0 Å². The maximum atomic E-state index is 9.48. The molecule has 0 amide bonds. The standard InChI is InChI=1S/C15H24O5/c1-13(16)14-4-3-5-15(12-14)20-11-10-19-9-8-18-7-6-17-2/h3-5,12-13,16H,6-11H2,1-2H3. The Labute approximate surface area is 120 Å². The number of ether oxygens (including phenoxy) is 4. The number of aliphatic hydroxyl groups is 1. The Bertz CT molecular complexity index is 354. The van der Waals surface area contributed by atoms with Crippen molar-refractivity contribution in [3.63, 3.8) is 0 Å². The van der Waals surface area contributed by atoms with Gasteiger partial charge in [-0.15, -0.1) is 0 Å². The Kier molecular flexibility index (Phi) is 8.98. The molecule has 0 radical (unpaired) electrons. The van der Waals surface area contributed by atoms with E-state index in [1.807, 2.05) is 24.3 Å². The highest BCUT2D eigenvalue weighted by atomic mass is 16.6. The molecule has 5 nitrogen and oxygen atoms in total. The van der Waals surface area contributed by atoms with Crippen molar-refractivity contribution in [2.45, 2.75) is 13.0 Å². The second kappa shape index (κ2) is 10.6. The fourth-order valence-corrected chi connectivity index (χ4v) is 1.55. The summed E-state index contributed by atoms with van der Waals surface area (Å²) >= 11 is 0. The van der Waals surface area contributed by atoms with Crippen molar-refractivity contribution < 1.29 is 24.1 Å². The molecule has 0 fully saturated rings. The lowest BCUT2D eigenvalue weighted by Gasteiger charge is -2.10. The Morgan fingerprint density at radius 3 is 2.30 bits per heavy atom. The molecule has 0 spiro atoms. The molecule has 0 aliphatic rings. The molecule has 0 bridgehead atoms. The van der Waals surface area contributed by atoms with Gasteiger partial charge in [-0.25, -0.2) is 0 Å². The molecule has 1 atom stereocenters. The zero-order valence-electron chi connectivity index (χ0n) is 12.2. The summed E-state index contributed by atoms with van der Waals surface area (Å²) in [6.45, 7) is 4.99. The predicted octanol–water partition coefficient (Wildman–Crippen LogP) is 1.80. The number of hydrogen-bond donors (Lipinski definition) is 1. The van der Waals surface area contributed by atoms with Crippen molar-refractivity contribution in [2.24, 2.45) is 0 Å². The first-order chi connectivity index (χ1) is 9.74. The van der Waals surface area contributed by atoms with Crippen LogP contribution in [-0.4, -0.2) is 51.9 Å². The molecule has 1 unspecified atom stereocenters. The van der Waals surface area contributed by atoms with Gasteiger partial charge in [-0.2, -0.15) is 0 Å². The minimum atomic E-state index is -0.487. The van der Waals surface area contributed by atoms with Crippen LogP contribution < -0.4 is 4.74 Å². The Balaban J connectivity index is 2.05. The summed E-state index contributed by atoms with van der Waals surface area (Å²) in [5.41, 5.74) is 0.843. The molecule has 20 heavy (non-hydrogen) atoms. The normalized spacial score (nSPS) is 12.3. The molecule has 0 aliphatic heterocycles. The van der Waals surface area contributed by atoms with E-state index in [1.165, 1.54) is 0 Å². The number of methoxy groups -OCH3 is 1. The summed E-state index contributed by atoms with van der Waals surface area (Å²) in [5, 5.41) is 9.48. The molecule has 5 heteroatoms. The minimum Gasteiger partial charge on any atom is -0.491 e. The van der Waals surface area contributed by atoms with E-state index in [1.54, 1.807) is 14.0 Å². The second-order valence-electron chi connectivity index (χ2n) is 4.31. The smallest absolute Gasteiger partial charge is 0.119 e. The first-order valence-electron chi connectivity index (χ1n) is 6.79. The summed E-state index contributed by atoms with van der Waals surface area (Å²) in [7, 11) is 1.64. The van der Waals surface area contributed by atoms with Crippen LogP contribution >= 0.6 is 0 Å². The first-order valence-corrected chi connectivity index (χ1v) is 6.79. The zero-order valence-corrected chi connectivity index (χ0v) is 12.2. The summed E-state index contributed by atoms with van der Waals surface area (Å²) in [4.78, 5) is 0. The molecular formula is C15H24O5. The van der Waals surface area contributed by atoms with Crippen LogP contribution in [-0.2, 0) is 14.2 Å². The lowest BCUT2D eigenvalue weighted by atomic mass is 10.1. The third-order valence-corrected chi connectivity index (χ3v) is 2.64. The molecule has 114 valence electrons. The molecule has 1 N–H and O–H groups in total. The predicted molar refractivity (Wildman–Crippen MR) is 76.1 cm³/mol. The summed E-state index contributed by atoms with van der Waals surface area (Å²) in [6, 6.07) is 7.42. The van der Waals surface area contributed by atoms with Crippen molar-refractivity contribution in [1.29, 1.82) is 0 Å². The van der Waals surface area contributed by atoms with E-state index in [2.05, 4.69) is 0 Å². The highest BCUT2D eigenvalue weighted by Gasteiger charge is 2.02. The van der Waals surface area contributed by atoms with Gasteiger partial charge in [-0.05, 0) is 24.6 Å². The highest BCUT2D eigenvalue weighted by Crippen LogP contribution is 2.18. The zero-order chi connectivity index (χ0) is 14.6. The van der Waals surface area contributed by atoms with E-state index in [9.17, 15) is 5.11 Å². The molecule has 0 aromatic heterocycles. The Morgan fingerprint density at radius 1 is 1.00 bits per heavy atom. The molecule has 1 aromatic carbocycles. The van der Waals surface area contributed by atoms with Gasteiger partial charge in [0.25, 0.3) is 0 Å². The van der Waals surface area contributed by atoms with Crippen LogP contribution in [0.15, 0.2) is 24.3 Å². The van der Waals surface area contributed by atoms with E-state index in [0.717, 1.165) is 11.3 Å². The second-order valence-corrected chi connectivity index (χ2v) is 4.31.